The highest BCUT2D eigenvalue weighted by Crippen LogP contribution is 2.11. The van der Waals surface area contributed by atoms with Crippen LogP contribution in [0.15, 0.2) is 4.79 Å². The molecule has 1 fully saturated rings. The van der Waals surface area contributed by atoms with Gasteiger partial charge in [0.1, 0.15) is 5.82 Å². The van der Waals surface area contributed by atoms with Crippen molar-refractivity contribution in [3.8, 4) is 0 Å². The van der Waals surface area contributed by atoms with Crippen molar-refractivity contribution in [2.75, 3.05) is 19.6 Å². The van der Waals surface area contributed by atoms with E-state index < -0.39 is 0 Å². The standard InChI is InChI=1S/C12H21N5O2.CH2O2/c1-9(17-7-3-4-8-17)11(18)13-6-5-10-14-15-12(19)16(10)2;2-1-3/h9H,3-8H2,1-2H3,(H,13,18)(H,15,19);1H,(H,2,3). The van der Waals surface area contributed by atoms with E-state index in [9.17, 15) is 9.59 Å². The largest absolute Gasteiger partial charge is 0.483 e. The molecular formula is C13H23N5O4. The van der Waals surface area contributed by atoms with Crippen LogP contribution in [0.1, 0.15) is 25.6 Å². The van der Waals surface area contributed by atoms with E-state index in [1.54, 1.807) is 7.05 Å². The summed E-state index contributed by atoms with van der Waals surface area (Å²) in [6.45, 7) is 4.19. The van der Waals surface area contributed by atoms with Gasteiger partial charge in [0.25, 0.3) is 6.47 Å². The van der Waals surface area contributed by atoms with Crippen LogP contribution in [0.25, 0.3) is 0 Å². The zero-order valence-electron chi connectivity index (χ0n) is 12.9. The minimum absolute atomic E-state index is 0.0439. The minimum atomic E-state index is -0.250. The topological polar surface area (TPSA) is 120 Å². The lowest BCUT2D eigenvalue weighted by atomic mass is 10.2. The third-order valence-electron chi connectivity index (χ3n) is 3.69. The third-order valence-corrected chi connectivity index (χ3v) is 3.69. The van der Waals surface area contributed by atoms with Crippen molar-refractivity contribution in [2.45, 2.75) is 32.2 Å². The van der Waals surface area contributed by atoms with Crippen LogP contribution in [0.4, 0.5) is 0 Å². The number of nitrogens with one attached hydrogen (secondary N) is 2. The van der Waals surface area contributed by atoms with Crippen LogP contribution in [0, 0.1) is 0 Å². The van der Waals surface area contributed by atoms with Crippen molar-refractivity contribution >= 4 is 12.4 Å². The number of nitrogens with zero attached hydrogens (tertiary/aromatic N) is 3. The van der Waals surface area contributed by atoms with Crippen molar-refractivity contribution in [3.05, 3.63) is 16.3 Å². The maximum Gasteiger partial charge on any atom is 0.343 e. The molecule has 0 spiro atoms. The van der Waals surface area contributed by atoms with Crippen LogP contribution in [0.3, 0.4) is 0 Å². The van der Waals surface area contributed by atoms with E-state index >= 15 is 0 Å². The number of aromatic amines is 1. The van der Waals surface area contributed by atoms with E-state index in [1.807, 2.05) is 6.92 Å². The summed E-state index contributed by atoms with van der Waals surface area (Å²) in [7, 11) is 1.66. The van der Waals surface area contributed by atoms with Gasteiger partial charge < -0.3 is 10.4 Å². The molecule has 3 N–H and O–H groups in total. The Morgan fingerprint density at radius 3 is 2.59 bits per heavy atom. The summed E-state index contributed by atoms with van der Waals surface area (Å²) in [5.74, 6) is 0.696. The molecule has 1 atom stereocenters. The van der Waals surface area contributed by atoms with Gasteiger partial charge in [0, 0.05) is 20.0 Å². The van der Waals surface area contributed by atoms with Crippen molar-refractivity contribution < 1.29 is 14.7 Å². The molecule has 124 valence electrons. The molecule has 1 unspecified atom stereocenters. The number of aromatic nitrogens is 3. The van der Waals surface area contributed by atoms with Crippen LogP contribution in [0.5, 0.6) is 0 Å². The fraction of sp³-hybridized carbons (Fsp3) is 0.692. The van der Waals surface area contributed by atoms with Crippen LogP contribution in [-0.4, -0.2) is 62.8 Å². The molecule has 0 aliphatic carbocycles. The molecule has 1 aromatic rings. The molecule has 0 radical (unpaired) electrons. The van der Waals surface area contributed by atoms with Gasteiger partial charge >= 0.3 is 5.69 Å². The summed E-state index contributed by atoms with van der Waals surface area (Å²) in [5, 5.41) is 16.1. The third kappa shape index (κ3) is 4.99. The van der Waals surface area contributed by atoms with Crippen molar-refractivity contribution in [3.63, 3.8) is 0 Å². The van der Waals surface area contributed by atoms with E-state index in [0.717, 1.165) is 13.1 Å². The van der Waals surface area contributed by atoms with Gasteiger partial charge in [0.2, 0.25) is 5.91 Å². The highest BCUT2D eigenvalue weighted by atomic mass is 16.3. The van der Waals surface area contributed by atoms with Crippen LogP contribution >= 0.6 is 0 Å². The average molecular weight is 313 g/mol. The highest BCUT2D eigenvalue weighted by Gasteiger charge is 2.23. The van der Waals surface area contributed by atoms with Gasteiger partial charge in [-0.3, -0.25) is 19.1 Å². The Balaban J connectivity index is 0.000000745. The predicted molar refractivity (Wildman–Crippen MR) is 79.5 cm³/mol. The smallest absolute Gasteiger partial charge is 0.343 e. The summed E-state index contributed by atoms with van der Waals surface area (Å²) >= 11 is 0. The molecule has 0 bridgehead atoms. The Morgan fingerprint density at radius 2 is 2.09 bits per heavy atom. The van der Waals surface area contributed by atoms with Crippen LogP contribution in [0.2, 0.25) is 0 Å². The Hall–Kier alpha value is -2.16. The normalized spacial score (nSPS) is 15.7. The summed E-state index contributed by atoms with van der Waals surface area (Å²) in [6, 6.07) is -0.0782. The Bertz CT molecular complexity index is 533. The number of carbonyl (C=O) groups is 2. The van der Waals surface area contributed by atoms with Crippen LogP contribution < -0.4 is 11.0 Å². The zero-order chi connectivity index (χ0) is 16.5. The Morgan fingerprint density at radius 1 is 1.50 bits per heavy atom. The molecule has 0 aromatic carbocycles. The van der Waals surface area contributed by atoms with Crippen LogP contribution in [-0.2, 0) is 23.1 Å². The summed E-state index contributed by atoms with van der Waals surface area (Å²) in [5.41, 5.74) is -0.230. The first-order chi connectivity index (χ1) is 10.5. The van der Waals surface area contributed by atoms with E-state index in [0.29, 0.717) is 18.8 Å². The quantitative estimate of drug-likeness (QED) is 0.597. The second-order valence-electron chi connectivity index (χ2n) is 5.07. The number of carboxylic acid groups (broad SMARTS) is 1. The number of amides is 1. The van der Waals surface area contributed by atoms with E-state index in [-0.39, 0.29) is 24.1 Å². The lowest BCUT2D eigenvalue weighted by molar-refractivity contribution is -0.125. The van der Waals surface area contributed by atoms with E-state index in [1.165, 1.54) is 17.4 Å². The first-order valence-electron chi connectivity index (χ1n) is 7.21. The first-order valence-corrected chi connectivity index (χ1v) is 7.21. The molecule has 1 aromatic heterocycles. The predicted octanol–water partition coefficient (Wildman–Crippen LogP) is -1.05. The Kier molecular flexibility index (Phi) is 7.30. The fourth-order valence-electron chi connectivity index (χ4n) is 2.34. The molecule has 1 saturated heterocycles. The fourth-order valence-corrected chi connectivity index (χ4v) is 2.34. The number of likely N-dealkylation sites (tertiary alicyclic amines) is 1. The second kappa shape index (κ2) is 8.98. The van der Waals surface area contributed by atoms with Gasteiger partial charge in [-0.25, -0.2) is 9.89 Å². The van der Waals surface area contributed by atoms with Gasteiger partial charge in [0.15, 0.2) is 0 Å². The molecular weight excluding hydrogens is 290 g/mol. The monoisotopic (exact) mass is 313 g/mol. The maximum absolute atomic E-state index is 12.0. The van der Waals surface area contributed by atoms with Gasteiger partial charge in [-0.2, -0.15) is 5.10 Å². The molecule has 1 aliphatic heterocycles. The average Bonchev–Trinajstić information content (AvgIpc) is 3.12. The summed E-state index contributed by atoms with van der Waals surface area (Å²) < 4.78 is 1.45. The number of H-pyrrole nitrogens is 1. The number of hydrogen-bond acceptors (Lipinski definition) is 5. The number of carbonyl (C=O) groups excluding carboxylic acids is 1. The maximum atomic E-state index is 12.0. The number of hydrogen-bond donors (Lipinski definition) is 3. The molecule has 1 amide bonds. The number of rotatable bonds is 5. The van der Waals surface area contributed by atoms with Gasteiger partial charge in [-0.15, -0.1) is 0 Å². The highest BCUT2D eigenvalue weighted by molar-refractivity contribution is 5.81. The summed E-state index contributed by atoms with van der Waals surface area (Å²) in [4.78, 5) is 33.7. The zero-order valence-corrected chi connectivity index (χ0v) is 12.9. The minimum Gasteiger partial charge on any atom is -0.483 e. The molecule has 0 saturated carbocycles. The molecule has 22 heavy (non-hydrogen) atoms. The van der Waals surface area contributed by atoms with Crippen molar-refractivity contribution in [2.24, 2.45) is 7.05 Å². The summed E-state index contributed by atoms with van der Waals surface area (Å²) in [6.07, 6.45) is 2.90. The SMILES string of the molecule is CC(C(=O)NCCc1n[nH]c(=O)n1C)N1CCCC1.O=CO. The molecule has 9 heteroatoms. The van der Waals surface area contributed by atoms with E-state index in [4.69, 9.17) is 9.90 Å². The van der Waals surface area contributed by atoms with Gasteiger partial charge in [-0.1, -0.05) is 0 Å². The molecule has 1 aliphatic rings. The lowest BCUT2D eigenvalue weighted by Crippen LogP contribution is -2.44. The van der Waals surface area contributed by atoms with Gasteiger partial charge in [0.05, 0.1) is 6.04 Å². The Labute approximate surface area is 128 Å². The van der Waals surface area contributed by atoms with Gasteiger partial charge in [-0.05, 0) is 32.9 Å². The van der Waals surface area contributed by atoms with Crippen molar-refractivity contribution in [1.29, 1.82) is 0 Å². The van der Waals surface area contributed by atoms with Crippen molar-refractivity contribution in [1.82, 2.24) is 25.0 Å². The second-order valence-corrected chi connectivity index (χ2v) is 5.07. The molecule has 2 rings (SSSR count). The molecule has 2 heterocycles. The first kappa shape index (κ1) is 17.9. The van der Waals surface area contributed by atoms with E-state index in [2.05, 4.69) is 20.4 Å². The lowest BCUT2D eigenvalue weighted by Gasteiger charge is -2.22. The molecule has 9 nitrogen and oxygen atoms in total.